The summed E-state index contributed by atoms with van der Waals surface area (Å²) in [6.07, 6.45) is 5.10. The highest BCUT2D eigenvalue weighted by molar-refractivity contribution is 5.96. The molecule has 1 N–H and O–H groups in total. The van der Waals surface area contributed by atoms with Crippen LogP contribution in [0.1, 0.15) is 59.3 Å². The average molecular weight is 256 g/mol. The zero-order valence-corrected chi connectivity index (χ0v) is 12.1. The fourth-order valence-electron chi connectivity index (χ4n) is 1.82. The summed E-state index contributed by atoms with van der Waals surface area (Å²) in [5.74, 6) is -0.194. The summed E-state index contributed by atoms with van der Waals surface area (Å²) in [6, 6.07) is 0. The van der Waals surface area contributed by atoms with Crippen LogP contribution in [0.5, 0.6) is 0 Å². The first kappa shape index (κ1) is 16.9. The number of carbonyl (C=O) groups excluding carboxylic acids is 2. The number of nitrogens with zero attached hydrogens (tertiary/aromatic N) is 1. The van der Waals surface area contributed by atoms with Crippen LogP contribution < -0.4 is 5.32 Å². The predicted octanol–water partition coefficient (Wildman–Crippen LogP) is 2.33. The van der Waals surface area contributed by atoms with Gasteiger partial charge in [0.25, 0.3) is 0 Å². The number of unbranched alkanes of at least 4 members (excludes halogenated alkanes) is 2. The lowest BCUT2D eigenvalue weighted by atomic mass is 10.2. The van der Waals surface area contributed by atoms with Gasteiger partial charge in [0.15, 0.2) is 0 Å². The third-order valence-corrected chi connectivity index (χ3v) is 2.75. The van der Waals surface area contributed by atoms with Gasteiger partial charge in [0.2, 0.25) is 11.8 Å². The lowest BCUT2D eigenvalue weighted by Gasteiger charge is -2.21. The molecule has 2 amide bonds. The van der Waals surface area contributed by atoms with Crippen LogP contribution in [0.25, 0.3) is 0 Å². The van der Waals surface area contributed by atoms with Crippen LogP contribution in [0.15, 0.2) is 0 Å². The van der Waals surface area contributed by atoms with Crippen LogP contribution in [0.4, 0.5) is 0 Å². The van der Waals surface area contributed by atoms with Crippen molar-refractivity contribution >= 4 is 11.8 Å². The van der Waals surface area contributed by atoms with E-state index in [-0.39, 0.29) is 18.2 Å². The van der Waals surface area contributed by atoms with Gasteiger partial charge in [0.05, 0.1) is 0 Å². The molecule has 0 radical (unpaired) electrons. The smallest absolute Gasteiger partial charge is 0.232 e. The van der Waals surface area contributed by atoms with E-state index in [0.717, 1.165) is 45.2 Å². The van der Waals surface area contributed by atoms with E-state index in [2.05, 4.69) is 12.2 Å². The number of carbonyl (C=O) groups is 2. The van der Waals surface area contributed by atoms with Crippen molar-refractivity contribution in [2.75, 3.05) is 19.6 Å². The predicted molar refractivity (Wildman–Crippen MR) is 74.3 cm³/mol. The van der Waals surface area contributed by atoms with Crippen LogP contribution in [0, 0.1) is 0 Å². The quantitative estimate of drug-likeness (QED) is 0.482. The van der Waals surface area contributed by atoms with E-state index < -0.39 is 0 Å². The van der Waals surface area contributed by atoms with E-state index in [9.17, 15) is 9.59 Å². The Morgan fingerprint density at radius 2 is 1.56 bits per heavy atom. The van der Waals surface area contributed by atoms with E-state index in [1.165, 1.54) is 0 Å². The zero-order valence-electron chi connectivity index (χ0n) is 12.1. The molecule has 0 saturated heterocycles. The average Bonchev–Trinajstić information content (AvgIpc) is 2.34. The lowest BCUT2D eigenvalue weighted by Crippen LogP contribution is -2.37. The topological polar surface area (TPSA) is 49.4 Å². The minimum atomic E-state index is -0.145. The molecule has 0 aromatic rings. The van der Waals surface area contributed by atoms with Crippen molar-refractivity contribution in [2.24, 2.45) is 0 Å². The molecule has 0 heterocycles. The van der Waals surface area contributed by atoms with Crippen molar-refractivity contribution in [2.45, 2.75) is 59.3 Å². The second-order valence-electron chi connectivity index (χ2n) is 4.61. The highest BCUT2D eigenvalue weighted by atomic mass is 16.2. The molecule has 18 heavy (non-hydrogen) atoms. The first-order chi connectivity index (χ1) is 8.65. The Balaban J connectivity index is 3.91. The maximum absolute atomic E-state index is 11.9. The minimum absolute atomic E-state index is 0.00781. The van der Waals surface area contributed by atoms with Gasteiger partial charge in [-0.25, -0.2) is 0 Å². The van der Waals surface area contributed by atoms with Crippen LogP contribution in [0.3, 0.4) is 0 Å². The van der Waals surface area contributed by atoms with E-state index in [1.807, 2.05) is 13.8 Å². The van der Waals surface area contributed by atoms with Crippen molar-refractivity contribution < 1.29 is 9.59 Å². The Morgan fingerprint density at radius 3 is 2.06 bits per heavy atom. The number of rotatable bonds is 10. The highest BCUT2D eigenvalue weighted by Gasteiger charge is 2.15. The summed E-state index contributed by atoms with van der Waals surface area (Å²) in [5.41, 5.74) is 0. The highest BCUT2D eigenvalue weighted by Crippen LogP contribution is 1.99. The number of hydrogen-bond acceptors (Lipinski definition) is 2. The molecule has 0 atom stereocenters. The standard InChI is InChI=1S/C14H28N2O2/c1-4-7-8-9-15-13(17)12-14(18)16(10-5-2)11-6-3/h4-12H2,1-3H3,(H,15,17). The van der Waals surface area contributed by atoms with Crippen LogP contribution in [0.2, 0.25) is 0 Å². The second-order valence-corrected chi connectivity index (χ2v) is 4.61. The summed E-state index contributed by atoms with van der Waals surface area (Å²) in [5, 5.41) is 2.80. The van der Waals surface area contributed by atoms with E-state index in [4.69, 9.17) is 0 Å². The summed E-state index contributed by atoms with van der Waals surface area (Å²) < 4.78 is 0. The molecule has 0 bridgehead atoms. The Bertz CT molecular complexity index is 236. The first-order valence-corrected chi connectivity index (χ1v) is 7.20. The van der Waals surface area contributed by atoms with Crippen molar-refractivity contribution in [1.82, 2.24) is 10.2 Å². The number of hydrogen-bond donors (Lipinski definition) is 1. The van der Waals surface area contributed by atoms with Crippen molar-refractivity contribution in [1.29, 1.82) is 0 Å². The second kappa shape index (κ2) is 11.1. The molecular formula is C14H28N2O2. The summed E-state index contributed by atoms with van der Waals surface area (Å²) >= 11 is 0. The van der Waals surface area contributed by atoms with Crippen LogP contribution in [-0.4, -0.2) is 36.3 Å². The third kappa shape index (κ3) is 8.09. The van der Waals surface area contributed by atoms with Gasteiger partial charge in [0.1, 0.15) is 6.42 Å². The summed E-state index contributed by atoms with van der Waals surface area (Å²) in [6.45, 7) is 8.38. The van der Waals surface area contributed by atoms with E-state index in [1.54, 1.807) is 4.90 Å². The van der Waals surface area contributed by atoms with E-state index in [0.29, 0.717) is 6.54 Å². The Morgan fingerprint density at radius 1 is 0.944 bits per heavy atom. The molecule has 0 aliphatic rings. The maximum Gasteiger partial charge on any atom is 0.232 e. The summed E-state index contributed by atoms with van der Waals surface area (Å²) in [4.78, 5) is 25.2. The van der Waals surface area contributed by atoms with Crippen LogP contribution in [-0.2, 0) is 9.59 Å². The molecule has 4 heteroatoms. The molecule has 0 saturated carbocycles. The van der Waals surface area contributed by atoms with Crippen LogP contribution >= 0.6 is 0 Å². The molecule has 4 nitrogen and oxygen atoms in total. The van der Waals surface area contributed by atoms with Gasteiger partial charge in [-0.2, -0.15) is 0 Å². The van der Waals surface area contributed by atoms with Gasteiger partial charge in [0, 0.05) is 19.6 Å². The Hall–Kier alpha value is -1.06. The lowest BCUT2D eigenvalue weighted by molar-refractivity contribution is -0.136. The molecule has 0 rings (SSSR count). The van der Waals surface area contributed by atoms with Crippen molar-refractivity contribution in [3.8, 4) is 0 Å². The largest absolute Gasteiger partial charge is 0.356 e. The minimum Gasteiger partial charge on any atom is -0.356 e. The maximum atomic E-state index is 11.9. The summed E-state index contributed by atoms with van der Waals surface area (Å²) in [7, 11) is 0. The monoisotopic (exact) mass is 256 g/mol. The van der Waals surface area contributed by atoms with Gasteiger partial charge in [-0.1, -0.05) is 33.6 Å². The third-order valence-electron chi connectivity index (χ3n) is 2.75. The van der Waals surface area contributed by atoms with Gasteiger partial charge < -0.3 is 10.2 Å². The first-order valence-electron chi connectivity index (χ1n) is 7.20. The fourth-order valence-corrected chi connectivity index (χ4v) is 1.82. The molecule has 0 fully saturated rings. The SMILES string of the molecule is CCCCCNC(=O)CC(=O)N(CCC)CCC. The van der Waals surface area contributed by atoms with E-state index >= 15 is 0 Å². The molecule has 0 aliphatic carbocycles. The Labute approximate surface area is 111 Å². The molecule has 106 valence electrons. The molecule has 0 aromatic heterocycles. The molecule has 0 aliphatic heterocycles. The van der Waals surface area contributed by atoms with Gasteiger partial charge >= 0.3 is 0 Å². The Kier molecular flexibility index (Phi) is 10.4. The molecule has 0 aromatic carbocycles. The zero-order chi connectivity index (χ0) is 13.8. The number of nitrogens with one attached hydrogen (secondary N) is 1. The van der Waals surface area contributed by atoms with Gasteiger partial charge in [-0.05, 0) is 19.3 Å². The fraction of sp³-hybridized carbons (Fsp3) is 0.857. The van der Waals surface area contributed by atoms with Crippen molar-refractivity contribution in [3.05, 3.63) is 0 Å². The molecule has 0 spiro atoms. The molecular weight excluding hydrogens is 228 g/mol. The van der Waals surface area contributed by atoms with Crippen molar-refractivity contribution in [3.63, 3.8) is 0 Å². The van der Waals surface area contributed by atoms with Gasteiger partial charge in [-0.15, -0.1) is 0 Å². The number of amides is 2. The normalized spacial score (nSPS) is 10.2. The molecule has 0 unspecified atom stereocenters. The van der Waals surface area contributed by atoms with Gasteiger partial charge in [-0.3, -0.25) is 9.59 Å².